The maximum Gasteiger partial charge on any atom is 0.219 e. The molecule has 1 aromatic heterocycles. The van der Waals surface area contributed by atoms with Gasteiger partial charge in [-0.2, -0.15) is 0 Å². The molecule has 0 fully saturated rings. The van der Waals surface area contributed by atoms with E-state index in [0.717, 1.165) is 0 Å². The molecule has 92 valence electrons. The molecule has 1 heterocycles. The molecule has 0 bridgehead atoms. The average Bonchev–Trinajstić information content (AvgIpc) is 2.41. The lowest BCUT2D eigenvalue weighted by atomic mass is 10.3. The van der Waals surface area contributed by atoms with Crippen molar-refractivity contribution in [3.63, 3.8) is 0 Å². The zero-order valence-corrected chi connectivity index (χ0v) is 9.25. The van der Waals surface area contributed by atoms with Gasteiger partial charge in [0.15, 0.2) is 5.84 Å². The van der Waals surface area contributed by atoms with E-state index in [4.69, 9.17) is 15.7 Å². The van der Waals surface area contributed by atoms with Crippen LogP contribution in [0.3, 0.4) is 0 Å². The highest BCUT2D eigenvalue weighted by Crippen LogP contribution is 2.19. The van der Waals surface area contributed by atoms with Crippen LogP contribution < -0.4 is 10.5 Å². The zero-order valence-electron chi connectivity index (χ0n) is 9.25. The first-order valence-electron chi connectivity index (χ1n) is 5.06. The summed E-state index contributed by atoms with van der Waals surface area (Å²) in [6.45, 7) is 0. The summed E-state index contributed by atoms with van der Waals surface area (Å²) in [4.78, 5) is 3.98. The van der Waals surface area contributed by atoms with Crippen molar-refractivity contribution in [1.82, 2.24) is 4.98 Å². The van der Waals surface area contributed by atoms with E-state index in [9.17, 15) is 4.39 Å². The van der Waals surface area contributed by atoms with Crippen molar-refractivity contribution >= 4 is 5.84 Å². The monoisotopic (exact) mass is 247 g/mol. The van der Waals surface area contributed by atoms with Crippen LogP contribution in [-0.2, 0) is 0 Å². The Morgan fingerprint density at radius 3 is 2.50 bits per heavy atom. The average molecular weight is 247 g/mol. The molecule has 2 rings (SSSR count). The molecule has 0 aliphatic heterocycles. The first-order valence-corrected chi connectivity index (χ1v) is 5.06. The van der Waals surface area contributed by atoms with Crippen molar-refractivity contribution in [1.29, 1.82) is 0 Å². The lowest BCUT2D eigenvalue weighted by Crippen LogP contribution is -2.13. The molecule has 0 aliphatic carbocycles. The van der Waals surface area contributed by atoms with Crippen molar-refractivity contribution in [2.24, 2.45) is 10.9 Å². The summed E-state index contributed by atoms with van der Waals surface area (Å²) in [6.07, 6.45) is 1.41. The quantitative estimate of drug-likeness (QED) is 0.376. The molecule has 5 nitrogen and oxygen atoms in total. The van der Waals surface area contributed by atoms with Gasteiger partial charge in [-0.15, -0.1) is 0 Å². The van der Waals surface area contributed by atoms with Crippen LogP contribution in [-0.4, -0.2) is 16.0 Å². The highest BCUT2D eigenvalue weighted by Gasteiger charge is 2.02. The van der Waals surface area contributed by atoms with Crippen LogP contribution in [0.25, 0.3) is 0 Å². The molecule has 1 aromatic carbocycles. The molecule has 18 heavy (non-hydrogen) atoms. The molecular formula is C12H10FN3O2. The fourth-order valence-corrected chi connectivity index (χ4v) is 1.27. The topological polar surface area (TPSA) is 80.7 Å². The molecule has 6 heteroatoms. The summed E-state index contributed by atoms with van der Waals surface area (Å²) >= 11 is 0. The second kappa shape index (κ2) is 5.13. The predicted molar refractivity (Wildman–Crippen MR) is 63.2 cm³/mol. The Hall–Kier alpha value is -2.63. The second-order valence-electron chi connectivity index (χ2n) is 3.43. The lowest BCUT2D eigenvalue weighted by molar-refractivity contribution is 0.318. The first kappa shape index (κ1) is 11.8. The number of halogens is 1. The minimum absolute atomic E-state index is 0.0316. The number of pyridine rings is 1. The molecule has 2 aromatic rings. The van der Waals surface area contributed by atoms with Gasteiger partial charge in [-0.05, 0) is 30.3 Å². The van der Waals surface area contributed by atoms with E-state index >= 15 is 0 Å². The standard InChI is InChI=1S/C12H10FN3O2/c13-9-2-4-10(5-3-9)18-11-6-1-8(7-15-11)12(14)16-17/h1-7,17H,(H2,14,16). The minimum Gasteiger partial charge on any atom is -0.439 e. The van der Waals surface area contributed by atoms with Crippen molar-refractivity contribution < 1.29 is 14.3 Å². The third-order valence-electron chi connectivity index (χ3n) is 2.18. The Morgan fingerprint density at radius 1 is 1.22 bits per heavy atom. The number of amidine groups is 1. The third kappa shape index (κ3) is 2.73. The summed E-state index contributed by atoms with van der Waals surface area (Å²) in [6, 6.07) is 8.74. The van der Waals surface area contributed by atoms with Gasteiger partial charge in [0.25, 0.3) is 0 Å². The summed E-state index contributed by atoms with van der Waals surface area (Å²) in [5.41, 5.74) is 5.87. The summed E-state index contributed by atoms with van der Waals surface area (Å²) in [5.74, 6) is 0.435. The maximum atomic E-state index is 12.7. The van der Waals surface area contributed by atoms with E-state index in [2.05, 4.69) is 10.1 Å². The lowest BCUT2D eigenvalue weighted by Gasteiger charge is -2.05. The van der Waals surface area contributed by atoms with Crippen molar-refractivity contribution in [3.05, 3.63) is 54.0 Å². The van der Waals surface area contributed by atoms with Gasteiger partial charge < -0.3 is 15.7 Å². The van der Waals surface area contributed by atoms with E-state index < -0.39 is 0 Å². The Labute approximate surface area is 102 Å². The van der Waals surface area contributed by atoms with Crippen LogP contribution in [0.1, 0.15) is 5.56 Å². The van der Waals surface area contributed by atoms with Crippen LogP contribution in [0.4, 0.5) is 4.39 Å². The van der Waals surface area contributed by atoms with Crippen LogP contribution in [0, 0.1) is 5.82 Å². The van der Waals surface area contributed by atoms with Gasteiger partial charge in [-0.25, -0.2) is 9.37 Å². The smallest absolute Gasteiger partial charge is 0.219 e. The van der Waals surface area contributed by atoms with Crippen LogP contribution in [0.15, 0.2) is 47.8 Å². The predicted octanol–water partition coefficient (Wildman–Crippen LogP) is 2.11. The van der Waals surface area contributed by atoms with Crippen molar-refractivity contribution in [3.8, 4) is 11.6 Å². The SMILES string of the molecule is N/C(=N/O)c1ccc(Oc2ccc(F)cc2)nc1. The van der Waals surface area contributed by atoms with Crippen LogP contribution in [0.5, 0.6) is 11.6 Å². The summed E-state index contributed by atoms with van der Waals surface area (Å²) < 4.78 is 18.1. The van der Waals surface area contributed by atoms with E-state index in [1.165, 1.54) is 30.5 Å². The molecule has 0 unspecified atom stereocenters. The molecule has 0 spiro atoms. The fraction of sp³-hybridized carbons (Fsp3) is 0. The van der Waals surface area contributed by atoms with Crippen LogP contribution in [0.2, 0.25) is 0 Å². The van der Waals surface area contributed by atoms with Gasteiger partial charge in [0.2, 0.25) is 5.88 Å². The second-order valence-corrected chi connectivity index (χ2v) is 3.43. The number of oxime groups is 1. The molecule has 0 saturated carbocycles. The number of benzene rings is 1. The van der Waals surface area contributed by atoms with E-state index in [1.54, 1.807) is 12.1 Å². The molecule has 0 atom stereocenters. The van der Waals surface area contributed by atoms with Gasteiger partial charge in [0, 0.05) is 17.8 Å². The van der Waals surface area contributed by atoms with Gasteiger partial charge in [-0.3, -0.25) is 0 Å². The number of hydrogen-bond donors (Lipinski definition) is 2. The summed E-state index contributed by atoms with van der Waals surface area (Å²) in [5, 5.41) is 11.3. The molecule has 0 aliphatic rings. The van der Waals surface area contributed by atoms with Crippen LogP contribution >= 0.6 is 0 Å². The van der Waals surface area contributed by atoms with Gasteiger partial charge >= 0.3 is 0 Å². The third-order valence-corrected chi connectivity index (χ3v) is 2.18. The molecule has 0 saturated heterocycles. The Kier molecular flexibility index (Phi) is 3.38. The largest absolute Gasteiger partial charge is 0.439 e. The number of hydrogen-bond acceptors (Lipinski definition) is 4. The van der Waals surface area contributed by atoms with Crippen molar-refractivity contribution in [2.45, 2.75) is 0 Å². The Morgan fingerprint density at radius 2 is 1.94 bits per heavy atom. The van der Waals surface area contributed by atoms with E-state index in [-0.39, 0.29) is 11.7 Å². The molecule has 3 N–H and O–H groups in total. The zero-order chi connectivity index (χ0) is 13.0. The number of nitrogens with zero attached hydrogens (tertiary/aromatic N) is 2. The number of rotatable bonds is 3. The summed E-state index contributed by atoms with van der Waals surface area (Å²) in [7, 11) is 0. The Balaban J connectivity index is 2.13. The fourth-order valence-electron chi connectivity index (χ4n) is 1.27. The normalized spacial score (nSPS) is 11.3. The number of ether oxygens (including phenoxy) is 1. The highest BCUT2D eigenvalue weighted by molar-refractivity contribution is 5.96. The van der Waals surface area contributed by atoms with Gasteiger partial charge in [0.1, 0.15) is 11.6 Å². The van der Waals surface area contributed by atoms with Crippen molar-refractivity contribution in [2.75, 3.05) is 0 Å². The molecular weight excluding hydrogens is 237 g/mol. The molecule has 0 radical (unpaired) electrons. The molecule has 0 amide bonds. The van der Waals surface area contributed by atoms with E-state index in [1.807, 2.05) is 0 Å². The van der Waals surface area contributed by atoms with Gasteiger partial charge in [0.05, 0.1) is 0 Å². The Bertz CT molecular complexity index is 553. The first-order chi connectivity index (χ1) is 8.69. The number of nitrogens with two attached hydrogens (primary N) is 1. The van der Waals surface area contributed by atoms with Gasteiger partial charge in [-0.1, -0.05) is 5.16 Å². The minimum atomic E-state index is -0.336. The maximum absolute atomic E-state index is 12.7. The van der Waals surface area contributed by atoms with E-state index in [0.29, 0.717) is 17.2 Å². The highest BCUT2D eigenvalue weighted by atomic mass is 19.1. The number of aromatic nitrogens is 1.